The molecule has 2 N–H and O–H groups in total. The summed E-state index contributed by atoms with van der Waals surface area (Å²) in [5.74, 6) is 1.27. The minimum Gasteiger partial charge on any atom is -0.491 e. The normalized spacial score (nSPS) is 10.6. The first-order valence-electron chi connectivity index (χ1n) is 9.02. The molecule has 3 aromatic rings. The first kappa shape index (κ1) is 19.7. The van der Waals surface area contributed by atoms with Gasteiger partial charge in [0.2, 0.25) is 0 Å². The zero-order valence-corrected chi connectivity index (χ0v) is 16.5. The second-order valence-corrected chi connectivity index (χ2v) is 6.93. The molecular formula is C22H22ClN3O2. The molecule has 0 fully saturated rings. The van der Waals surface area contributed by atoms with Crippen LogP contribution in [0.3, 0.4) is 0 Å². The SMILES string of the molecule is CC(C)Oc1ccc(Nc2ccc(C(=O)NCc3ccccc3Cl)cn2)cc1. The van der Waals surface area contributed by atoms with Crippen molar-refractivity contribution in [3.8, 4) is 5.75 Å². The van der Waals surface area contributed by atoms with Crippen LogP contribution in [-0.2, 0) is 6.54 Å². The molecule has 5 nitrogen and oxygen atoms in total. The monoisotopic (exact) mass is 395 g/mol. The van der Waals surface area contributed by atoms with E-state index < -0.39 is 0 Å². The Morgan fingerprint density at radius 1 is 1.07 bits per heavy atom. The number of ether oxygens (including phenoxy) is 1. The van der Waals surface area contributed by atoms with Gasteiger partial charge in [0.15, 0.2) is 0 Å². The molecular weight excluding hydrogens is 374 g/mol. The summed E-state index contributed by atoms with van der Waals surface area (Å²) in [5.41, 5.74) is 2.24. The molecule has 0 atom stereocenters. The van der Waals surface area contributed by atoms with Crippen LogP contribution in [0, 0.1) is 0 Å². The van der Waals surface area contributed by atoms with Crippen molar-refractivity contribution in [3.05, 3.63) is 83.0 Å². The lowest BCUT2D eigenvalue weighted by Gasteiger charge is -2.11. The summed E-state index contributed by atoms with van der Waals surface area (Å²) in [6.07, 6.45) is 1.68. The number of pyridine rings is 1. The molecule has 28 heavy (non-hydrogen) atoms. The van der Waals surface area contributed by atoms with Crippen LogP contribution in [0.4, 0.5) is 11.5 Å². The van der Waals surface area contributed by atoms with E-state index in [1.165, 1.54) is 0 Å². The first-order valence-corrected chi connectivity index (χ1v) is 9.40. The van der Waals surface area contributed by atoms with Crippen LogP contribution in [0.2, 0.25) is 5.02 Å². The third-order valence-electron chi connectivity index (χ3n) is 3.92. The van der Waals surface area contributed by atoms with Crippen molar-refractivity contribution in [2.75, 3.05) is 5.32 Å². The molecule has 3 rings (SSSR count). The van der Waals surface area contributed by atoms with Gasteiger partial charge in [-0.05, 0) is 61.9 Å². The lowest BCUT2D eigenvalue weighted by atomic mass is 10.2. The number of rotatable bonds is 7. The molecule has 0 aliphatic rings. The highest BCUT2D eigenvalue weighted by Crippen LogP contribution is 2.20. The fraction of sp³-hybridized carbons (Fsp3) is 0.182. The molecule has 0 unspecified atom stereocenters. The maximum atomic E-state index is 12.3. The van der Waals surface area contributed by atoms with E-state index in [1.54, 1.807) is 24.4 Å². The number of halogens is 1. The molecule has 0 aliphatic carbocycles. The highest BCUT2D eigenvalue weighted by atomic mass is 35.5. The predicted octanol–water partition coefficient (Wildman–Crippen LogP) is 5.20. The Labute approximate surface area is 169 Å². The number of nitrogens with one attached hydrogen (secondary N) is 2. The zero-order valence-electron chi connectivity index (χ0n) is 15.8. The minimum atomic E-state index is -0.200. The Kier molecular flexibility index (Phi) is 6.50. The number of carbonyl (C=O) groups is 1. The average Bonchev–Trinajstić information content (AvgIpc) is 2.69. The first-order chi connectivity index (χ1) is 13.5. The van der Waals surface area contributed by atoms with Crippen LogP contribution < -0.4 is 15.4 Å². The Morgan fingerprint density at radius 3 is 2.46 bits per heavy atom. The highest BCUT2D eigenvalue weighted by molar-refractivity contribution is 6.31. The molecule has 144 valence electrons. The van der Waals surface area contributed by atoms with E-state index in [-0.39, 0.29) is 12.0 Å². The van der Waals surface area contributed by atoms with Crippen LogP contribution in [0.5, 0.6) is 5.75 Å². The Hall–Kier alpha value is -3.05. The van der Waals surface area contributed by atoms with Crippen molar-refractivity contribution < 1.29 is 9.53 Å². The van der Waals surface area contributed by atoms with Gasteiger partial charge in [0.25, 0.3) is 5.91 Å². The fourth-order valence-corrected chi connectivity index (χ4v) is 2.76. The van der Waals surface area contributed by atoms with E-state index in [9.17, 15) is 4.79 Å². The van der Waals surface area contributed by atoms with E-state index in [2.05, 4.69) is 15.6 Å². The largest absolute Gasteiger partial charge is 0.491 e. The number of amides is 1. The molecule has 1 amide bonds. The van der Waals surface area contributed by atoms with Crippen LogP contribution in [0.1, 0.15) is 29.8 Å². The topological polar surface area (TPSA) is 63.2 Å². The number of nitrogens with zero attached hydrogens (tertiary/aromatic N) is 1. The third-order valence-corrected chi connectivity index (χ3v) is 4.29. The maximum Gasteiger partial charge on any atom is 0.253 e. The molecule has 2 aromatic carbocycles. The van der Waals surface area contributed by atoms with Gasteiger partial charge in [-0.3, -0.25) is 4.79 Å². The van der Waals surface area contributed by atoms with Gasteiger partial charge in [0, 0.05) is 23.5 Å². The van der Waals surface area contributed by atoms with Crippen LogP contribution >= 0.6 is 11.6 Å². The molecule has 0 spiro atoms. The number of benzene rings is 2. The van der Waals surface area contributed by atoms with Gasteiger partial charge in [-0.1, -0.05) is 29.8 Å². The summed E-state index contributed by atoms with van der Waals surface area (Å²) < 4.78 is 5.63. The van der Waals surface area contributed by atoms with Crippen LogP contribution in [0.25, 0.3) is 0 Å². The van der Waals surface area contributed by atoms with E-state index in [0.29, 0.717) is 22.9 Å². The van der Waals surface area contributed by atoms with Crippen molar-refractivity contribution in [2.45, 2.75) is 26.5 Å². The zero-order chi connectivity index (χ0) is 19.9. The van der Waals surface area contributed by atoms with Crippen molar-refractivity contribution in [2.24, 2.45) is 0 Å². The summed E-state index contributed by atoms with van der Waals surface area (Å²) in [6, 6.07) is 18.6. The number of anilines is 2. The second-order valence-electron chi connectivity index (χ2n) is 6.52. The van der Waals surface area contributed by atoms with Crippen LogP contribution in [0.15, 0.2) is 66.9 Å². The lowest BCUT2D eigenvalue weighted by molar-refractivity contribution is 0.0950. The van der Waals surface area contributed by atoms with Gasteiger partial charge in [-0.15, -0.1) is 0 Å². The van der Waals surface area contributed by atoms with Gasteiger partial charge in [-0.25, -0.2) is 4.98 Å². The van der Waals surface area contributed by atoms with E-state index in [1.807, 2.05) is 56.3 Å². The minimum absolute atomic E-state index is 0.136. The van der Waals surface area contributed by atoms with E-state index >= 15 is 0 Å². The maximum absolute atomic E-state index is 12.3. The summed E-state index contributed by atoms with van der Waals surface area (Å²) >= 11 is 6.11. The van der Waals surface area contributed by atoms with Crippen molar-refractivity contribution >= 4 is 29.0 Å². The molecule has 0 bridgehead atoms. The van der Waals surface area contributed by atoms with Crippen molar-refractivity contribution in [1.29, 1.82) is 0 Å². The van der Waals surface area contributed by atoms with Crippen molar-refractivity contribution in [3.63, 3.8) is 0 Å². The molecule has 0 aliphatic heterocycles. The van der Waals surface area contributed by atoms with Gasteiger partial charge in [0.1, 0.15) is 11.6 Å². The molecule has 0 saturated heterocycles. The molecule has 1 aromatic heterocycles. The Balaban J connectivity index is 1.57. The number of hydrogen-bond donors (Lipinski definition) is 2. The summed E-state index contributed by atoms with van der Waals surface area (Å²) in [7, 11) is 0. The summed E-state index contributed by atoms with van der Waals surface area (Å²) in [5, 5.41) is 6.68. The van der Waals surface area contributed by atoms with Crippen LogP contribution in [-0.4, -0.2) is 17.0 Å². The van der Waals surface area contributed by atoms with E-state index in [0.717, 1.165) is 17.0 Å². The Morgan fingerprint density at radius 2 is 1.82 bits per heavy atom. The van der Waals surface area contributed by atoms with E-state index in [4.69, 9.17) is 16.3 Å². The number of hydrogen-bond acceptors (Lipinski definition) is 4. The molecule has 0 radical (unpaired) electrons. The van der Waals surface area contributed by atoms with Gasteiger partial charge in [-0.2, -0.15) is 0 Å². The Bertz CT molecular complexity index is 925. The molecule has 6 heteroatoms. The second kappa shape index (κ2) is 9.24. The summed E-state index contributed by atoms with van der Waals surface area (Å²) in [4.78, 5) is 16.6. The van der Waals surface area contributed by atoms with Gasteiger partial charge in [0.05, 0.1) is 11.7 Å². The fourth-order valence-electron chi connectivity index (χ4n) is 2.56. The third kappa shape index (κ3) is 5.47. The van der Waals surface area contributed by atoms with Crippen molar-refractivity contribution in [1.82, 2.24) is 10.3 Å². The molecule has 0 saturated carbocycles. The van der Waals surface area contributed by atoms with Gasteiger partial charge < -0.3 is 15.4 Å². The lowest BCUT2D eigenvalue weighted by Crippen LogP contribution is -2.23. The smallest absolute Gasteiger partial charge is 0.253 e. The number of carbonyl (C=O) groups excluding carboxylic acids is 1. The summed E-state index contributed by atoms with van der Waals surface area (Å²) in [6.45, 7) is 4.34. The predicted molar refractivity (Wildman–Crippen MR) is 112 cm³/mol. The average molecular weight is 396 g/mol. The number of aromatic nitrogens is 1. The molecule has 1 heterocycles. The highest BCUT2D eigenvalue weighted by Gasteiger charge is 2.08. The van der Waals surface area contributed by atoms with Gasteiger partial charge >= 0.3 is 0 Å². The quantitative estimate of drug-likeness (QED) is 0.577. The standard InChI is InChI=1S/C22H22ClN3O2/c1-15(2)28-19-10-8-18(9-11-19)26-21-12-7-17(14-24-21)22(27)25-13-16-5-3-4-6-20(16)23/h3-12,14-15H,13H2,1-2H3,(H,24,26)(H,25,27).